The molecule has 2 atom stereocenters. The molecule has 1 aromatic carbocycles. The van der Waals surface area contributed by atoms with Gasteiger partial charge in [0.2, 0.25) is 0 Å². The van der Waals surface area contributed by atoms with Crippen LogP contribution >= 0.6 is 0 Å². The van der Waals surface area contributed by atoms with Gasteiger partial charge in [-0.3, -0.25) is 4.79 Å². The molecule has 1 aromatic rings. The summed E-state index contributed by atoms with van der Waals surface area (Å²) in [7, 11) is 1.55. The van der Waals surface area contributed by atoms with Crippen LogP contribution in [0.4, 0.5) is 5.69 Å². The molecule has 4 nitrogen and oxygen atoms in total. The van der Waals surface area contributed by atoms with Gasteiger partial charge in [0.25, 0.3) is 5.91 Å². The molecule has 2 unspecified atom stereocenters. The number of nitrogen functional groups attached to an aromatic ring is 1. The van der Waals surface area contributed by atoms with Gasteiger partial charge in [-0.25, -0.2) is 0 Å². The Kier molecular flexibility index (Phi) is 4.30. The molecule has 104 valence electrons. The summed E-state index contributed by atoms with van der Waals surface area (Å²) in [6.45, 7) is 3.00. The number of amides is 1. The van der Waals surface area contributed by atoms with Gasteiger partial charge < -0.3 is 15.8 Å². The van der Waals surface area contributed by atoms with Crippen molar-refractivity contribution >= 4 is 11.6 Å². The number of ether oxygens (including phenoxy) is 1. The lowest BCUT2D eigenvalue weighted by molar-refractivity contribution is 0.0947. The zero-order valence-corrected chi connectivity index (χ0v) is 11.6. The SMILES string of the molecule is COc1cccc(C(=O)NCC2CCC(C)C2)c1N. The third kappa shape index (κ3) is 3.19. The highest BCUT2D eigenvalue weighted by Gasteiger charge is 2.22. The molecule has 1 aliphatic carbocycles. The molecule has 0 heterocycles. The van der Waals surface area contributed by atoms with Crippen molar-refractivity contribution in [3.05, 3.63) is 23.8 Å². The van der Waals surface area contributed by atoms with E-state index in [0.717, 1.165) is 12.5 Å². The molecule has 19 heavy (non-hydrogen) atoms. The quantitative estimate of drug-likeness (QED) is 0.819. The topological polar surface area (TPSA) is 64.3 Å². The smallest absolute Gasteiger partial charge is 0.253 e. The van der Waals surface area contributed by atoms with E-state index in [9.17, 15) is 4.79 Å². The number of nitrogens with two attached hydrogens (primary N) is 1. The van der Waals surface area contributed by atoms with Crippen molar-refractivity contribution in [1.82, 2.24) is 5.32 Å². The number of para-hydroxylation sites is 1. The van der Waals surface area contributed by atoms with Gasteiger partial charge in [0.05, 0.1) is 18.4 Å². The van der Waals surface area contributed by atoms with E-state index < -0.39 is 0 Å². The van der Waals surface area contributed by atoms with Gasteiger partial charge in [-0.1, -0.05) is 19.4 Å². The second kappa shape index (κ2) is 5.95. The molecule has 1 amide bonds. The van der Waals surface area contributed by atoms with Crippen molar-refractivity contribution in [2.45, 2.75) is 26.2 Å². The van der Waals surface area contributed by atoms with Crippen molar-refractivity contribution in [2.75, 3.05) is 19.4 Å². The highest BCUT2D eigenvalue weighted by molar-refractivity contribution is 6.00. The number of benzene rings is 1. The van der Waals surface area contributed by atoms with E-state index in [1.165, 1.54) is 19.3 Å². The highest BCUT2D eigenvalue weighted by atomic mass is 16.5. The van der Waals surface area contributed by atoms with E-state index in [1.54, 1.807) is 25.3 Å². The molecule has 3 N–H and O–H groups in total. The Morgan fingerprint density at radius 3 is 2.89 bits per heavy atom. The summed E-state index contributed by atoms with van der Waals surface area (Å²) in [5.41, 5.74) is 6.81. The molecular formula is C15H22N2O2. The van der Waals surface area contributed by atoms with Crippen LogP contribution < -0.4 is 15.8 Å². The first kappa shape index (κ1) is 13.7. The van der Waals surface area contributed by atoms with Gasteiger partial charge in [0.15, 0.2) is 0 Å². The molecular weight excluding hydrogens is 240 g/mol. The fourth-order valence-corrected chi connectivity index (χ4v) is 2.76. The number of hydrogen-bond acceptors (Lipinski definition) is 3. The Labute approximate surface area is 114 Å². The van der Waals surface area contributed by atoms with E-state index in [0.29, 0.717) is 22.9 Å². The minimum atomic E-state index is -0.115. The van der Waals surface area contributed by atoms with Gasteiger partial charge in [0, 0.05) is 6.54 Å². The first-order chi connectivity index (χ1) is 9.11. The number of rotatable bonds is 4. The van der Waals surface area contributed by atoms with Crippen LogP contribution in [0.1, 0.15) is 36.5 Å². The van der Waals surface area contributed by atoms with E-state index in [-0.39, 0.29) is 5.91 Å². The highest BCUT2D eigenvalue weighted by Crippen LogP contribution is 2.30. The van der Waals surface area contributed by atoms with Crippen LogP contribution in [0.3, 0.4) is 0 Å². The van der Waals surface area contributed by atoms with Gasteiger partial charge in [-0.05, 0) is 36.8 Å². The maximum absolute atomic E-state index is 12.1. The van der Waals surface area contributed by atoms with Crippen LogP contribution in [-0.2, 0) is 0 Å². The van der Waals surface area contributed by atoms with Crippen molar-refractivity contribution in [1.29, 1.82) is 0 Å². The molecule has 0 radical (unpaired) electrons. The van der Waals surface area contributed by atoms with Gasteiger partial charge in [-0.2, -0.15) is 0 Å². The molecule has 0 aliphatic heterocycles. The lowest BCUT2D eigenvalue weighted by Crippen LogP contribution is -2.29. The van der Waals surface area contributed by atoms with Crippen molar-refractivity contribution < 1.29 is 9.53 Å². The summed E-state index contributed by atoms with van der Waals surface area (Å²) in [6.07, 6.45) is 3.67. The molecule has 0 bridgehead atoms. The Bertz CT molecular complexity index is 459. The van der Waals surface area contributed by atoms with Crippen LogP contribution in [0.25, 0.3) is 0 Å². The van der Waals surface area contributed by atoms with Gasteiger partial charge >= 0.3 is 0 Å². The predicted molar refractivity (Wildman–Crippen MR) is 76.2 cm³/mol. The van der Waals surface area contributed by atoms with Crippen LogP contribution in [-0.4, -0.2) is 19.6 Å². The number of hydrogen-bond donors (Lipinski definition) is 2. The second-order valence-corrected chi connectivity index (χ2v) is 5.42. The Hall–Kier alpha value is -1.71. The first-order valence-electron chi connectivity index (χ1n) is 6.82. The zero-order valence-electron chi connectivity index (χ0n) is 11.6. The van der Waals surface area contributed by atoms with Crippen molar-refractivity contribution in [3.8, 4) is 5.75 Å². The molecule has 0 aromatic heterocycles. The van der Waals surface area contributed by atoms with Crippen LogP contribution in [0.5, 0.6) is 5.75 Å². The average molecular weight is 262 g/mol. The Morgan fingerprint density at radius 2 is 2.26 bits per heavy atom. The summed E-state index contributed by atoms with van der Waals surface area (Å²) in [4.78, 5) is 12.1. The van der Waals surface area contributed by atoms with Crippen molar-refractivity contribution in [2.24, 2.45) is 11.8 Å². The lowest BCUT2D eigenvalue weighted by atomic mass is 10.1. The minimum Gasteiger partial charge on any atom is -0.495 e. The third-order valence-corrected chi connectivity index (χ3v) is 3.89. The predicted octanol–water partition coefficient (Wildman–Crippen LogP) is 2.44. The third-order valence-electron chi connectivity index (χ3n) is 3.89. The number of carbonyl (C=O) groups is 1. The normalized spacial score (nSPS) is 22.2. The monoisotopic (exact) mass is 262 g/mol. The van der Waals surface area contributed by atoms with Crippen LogP contribution in [0.15, 0.2) is 18.2 Å². The first-order valence-corrected chi connectivity index (χ1v) is 6.82. The Balaban J connectivity index is 1.96. The molecule has 0 spiro atoms. The van der Waals surface area contributed by atoms with E-state index in [1.807, 2.05) is 0 Å². The molecule has 1 saturated carbocycles. The fraction of sp³-hybridized carbons (Fsp3) is 0.533. The molecule has 0 saturated heterocycles. The van der Waals surface area contributed by atoms with E-state index in [2.05, 4.69) is 12.2 Å². The second-order valence-electron chi connectivity index (χ2n) is 5.42. The van der Waals surface area contributed by atoms with Gasteiger partial charge in [-0.15, -0.1) is 0 Å². The average Bonchev–Trinajstić information content (AvgIpc) is 2.82. The Morgan fingerprint density at radius 1 is 1.47 bits per heavy atom. The fourth-order valence-electron chi connectivity index (χ4n) is 2.76. The number of carbonyl (C=O) groups excluding carboxylic acids is 1. The summed E-state index contributed by atoms with van der Waals surface area (Å²) >= 11 is 0. The zero-order chi connectivity index (χ0) is 13.8. The summed E-state index contributed by atoms with van der Waals surface area (Å²) in [6, 6.07) is 5.26. The molecule has 1 fully saturated rings. The largest absolute Gasteiger partial charge is 0.495 e. The summed E-state index contributed by atoms with van der Waals surface area (Å²) in [5, 5.41) is 2.98. The molecule has 2 rings (SSSR count). The standard InChI is InChI=1S/C15H22N2O2/c1-10-6-7-11(8-10)9-17-15(18)12-4-3-5-13(19-2)14(12)16/h3-5,10-11H,6-9,16H2,1-2H3,(H,17,18). The number of methoxy groups -OCH3 is 1. The lowest BCUT2D eigenvalue weighted by Gasteiger charge is -2.13. The maximum atomic E-state index is 12.1. The minimum absolute atomic E-state index is 0.115. The summed E-state index contributed by atoms with van der Waals surface area (Å²) < 4.78 is 5.12. The van der Waals surface area contributed by atoms with Crippen LogP contribution in [0.2, 0.25) is 0 Å². The van der Waals surface area contributed by atoms with Crippen molar-refractivity contribution in [3.63, 3.8) is 0 Å². The van der Waals surface area contributed by atoms with Gasteiger partial charge in [0.1, 0.15) is 5.75 Å². The maximum Gasteiger partial charge on any atom is 0.253 e. The summed E-state index contributed by atoms with van der Waals surface area (Å²) in [5.74, 6) is 1.81. The molecule has 4 heteroatoms. The number of anilines is 1. The van der Waals surface area contributed by atoms with E-state index in [4.69, 9.17) is 10.5 Å². The van der Waals surface area contributed by atoms with E-state index >= 15 is 0 Å². The molecule has 1 aliphatic rings. The van der Waals surface area contributed by atoms with Crippen LogP contribution in [0, 0.1) is 11.8 Å². The number of nitrogens with one attached hydrogen (secondary N) is 1.